The molecule has 0 spiro atoms. The molecule has 0 radical (unpaired) electrons. The van der Waals surface area contributed by atoms with Crippen molar-refractivity contribution in [3.63, 3.8) is 0 Å². The first-order chi connectivity index (χ1) is 5.13. The number of hydrogen-bond donors (Lipinski definition) is 2. The molecule has 0 aromatic heterocycles. The summed E-state index contributed by atoms with van der Waals surface area (Å²) < 4.78 is 0. The molecule has 2 heteroatoms. The molecule has 0 aromatic carbocycles. The van der Waals surface area contributed by atoms with E-state index in [0.29, 0.717) is 17.9 Å². The molecule has 3 N–H and O–H groups in total. The molecular weight excluding hydrogens is 136 g/mol. The highest BCUT2D eigenvalue weighted by atomic mass is 15.2. The molecule has 0 aromatic rings. The van der Waals surface area contributed by atoms with Gasteiger partial charge in [0.2, 0.25) is 0 Å². The summed E-state index contributed by atoms with van der Waals surface area (Å²) >= 11 is 0. The Bertz CT molecular complexity index is 91.6. The van der Waals surface area contributed by atoms with Crippen molar-refractivity contribution in [3.05, 3.63) is 0 Å². The summed E-state index contributed by atoms with van der Waals surface area (Å²) in [6.45, 7) is 8.88. The van der Waals surface area contributed by atoms with Crippen LogP contribution in [0, 0.1) is 11.8 Å². The molecule has 2 atom stereocenters. The van der Waals surface area contributed by atoms with Crippen molar-refractivity contribution in [3.8, 4) is 0 Å². The van der Waals surface area contributed by atoms with Gasteiger partial charge in [-0.3, -0.25) is 11.3 Å². The van der Waals surface area contributed by atoms with Gasteiger partial charge in [-0.25, -0.2) is 0 Å². The Labute approximate surface area is 70.5 Å². The Balaban J connectivity index is 3.81. The summed E-state index contributed by atoms with van der Waals surface area (Å²) in [5, 5.41) is 0. The van der Waals surface area contributed by atoms with E-state index < -0.39 is 0 Å². The summed E-state index contributed by atoms with van der Waals surface area (Å²) in [5.74, 6) is 6.77. The number of hydrogen-bond acceptors (Lipinski definition) is 2. The molecule has 0 unspecified atom stereocenters. The van der Waals surface area contributed by atoms with E-state index in [2.05, 4.69) is 33.1 Å². The summed E-state index contributed by atoms with van der Waals surface area (Å²) in [5.41, 5.74) is 2.89. The van der Waals surface area contributed by atoms with Crippen LogP contribution < -0.4 is 11.3 Å². The van der Waals surface area contributed by atoms with Gasteiger partial charge in [0.15, 0.2) is 0 Å². The van der Waals surface area contributed by atoms with Crippen LogP contribution in [0.4, 0.5) is 0 Å². The van der Waals surface area contributed by atoms with Gasteiger partial charge < -0.3 is 0 Å². The summed E-state index contributed by atoms with van der Waals surface area (Å²) in [7, 11) is 0. The van der Waals surface area contributed by atoms with Crippen LogP contribution in [0.3, 0.4) is 0 Å². The van der Waals surface area contributed by atoms with E-state index in [0.717, 1.165) is 0 Å². The van der Waals surface area contributed by atoms with Gasteiger partial charge in [-0.1, -0.05) is 34.1 Å². The third-order valence-corrected chi connectivity index (χ3v) is 2.27. The SMILES string of the molecule is CCC[C@@H](C)[C@@H](NN)C(C)C. The van der Waals surface area contributed by atoms with Crippen LogP contribution in [0.15, 0.2) is 0 Å². The minimum Gasteiger partial charge on any atom is -0.271 e. The number of hydrazine groups is 1. The van der Waals surface area contributed by atoms with Crippen LogP contribution in [-0.4, -0.2) is 6.04 Å². The van der Waals surface area contributed by atoms with Gasteiger partial charge in [0, 0.05) is 6.04 Å². The molecule has 68 valence electrons. The quantitative estimate of drug-likeness (QED) is 0.474. The molecule has 0 aliphatic rings. The third kappa shape index (κ3) is 3.73. The second-order valence-corrected chi connectivity index (χ2v) is 3.70. The summed E-state index contributed by atoms with van der Waals surface area (Å²) in [6, 6.07) is 0.468. The molecule has 0 fully saturated rings. The van der Waals surface area contributed by atoms with Crippen LogP contribution in [0.5, 0.6) is 0 Å². The highest BCUT2D eigenvalue weighted by Gasteiger charge is 2.17. The molecule has 2 nitrogen and oxygen atoms in total. The Morgan fingerprint density at radius 2 is 1.82 bits per heavy atom. The standard InChI is InChI=1S/C9H22N2/c1-5-6-8(4)9(11-10)7(2)3/h7-9,11H,5-6,10H2,1-4H3/t8-,9+/m1/s1. The highest BCUT2D eigenvalue weighted by molar-refractivity contribution is 4.73. The lowest BCUT2D eigenvalue weighted by molar-refractivity contribution is 0.287. The monoisotopic (exact) mass is 158 g/mol. The summed E-state index contributed by atoms with van der Waals surface area (Å²) in [6.07, 6.45) is 2.50. The van der Waals surface area contributed by atoms with Crippen molar-refractivity contribution in [2.75, 3.05) is 0 Å². The van der Waals surface area contributed by atoms with E-state index in [9.17, 15) is 0 Å². The molecule has 0 bridgehead atoms. The van der Waals surface area contributed by atoms with Crippen LogP contribution in [0.2, 0.25) is 0 Å². The zero-order chi connectivity index (χ0) is 8.85. The Morgan fingerprint density at radius 3 is 2.09 bits per heavy atom. The average Bonchev–Trinajstić information content (AvgIpc) is 1.88. The molecule has 0 aliphatic carbocycles. The Morgan fingerprint density at radius 1 is 1.27 bits per heavy atom. The van der Waals surface area contributed by atoms with E-state index in [-0.39, 0.29) is 0 Å². The van der Waals surface area contributed by atoms with Crippen molar-refractivity contribution < 1.29 is 0 Å². The summed E-state index contributed by atoms with van der Waals surface area (Å²) in [4.78, 5) is 0. The molecule has 0 saturated heterocycles. The van der Waals surface area contributed by atoms with Crippen LogP contribution in [0.1, 0.15) is 40.5 Å². The third-order valence-electron chi connectivity index (χ3n) is 2.27. The van der Waals surface area contributed by atoms with Crippen LogP contribution in [0.25, 0.3) is 0 Å². The van der Waals surface area contributed by atoms with E-state index in [1.807, 2.05) is 0 Å². The Hall–Kier alpha value is -0.0800. The molecule has 0 saturated carbocycles. The van der Waals surface area contributed by atoms with Crippen molar-refractivity contribution in [1.82, 2.24) is 5.43 Å². The van der Waals surface area contributed by atoms with Gasteiger partial charge in [0.1, 0.15) is 0 Å². The zero-order valence-corrected chi connectivity index (χ0v) is 8.22. The number of rotatable bonds is 5. The zero-order valence-electron chi connectivity index (χ0n) is 8.22. The molecule has 0 amide bonds. The fourth-order valence-electron chi connectivity index (χ4n) is 1.65. The topological polar surface area (TPSA) is 38.0 Å². The predicted octanol–water partition coefficient (Wildman–Crippen LogP) is 1.91. The highest BCUT2D eigenvalue weighted by Crippen LogP contribution is 2.16. The minimum absolute atomic E-state index is 0.468. The number of nitrogens with one attached hydrogen (secondary N) is 1. The largest absolute Gasteiger partial charge is 0.271 e. The lowest BCUT2D eigenvalue weighted by atomic mass is 9.89. The maximum absolute atomic E-state index is 5.45. The Kier molecular flexibility index (Phi) is 5.51. The van der Waals surface area contributed by atoms with Crippen molar-refractivity contribution >= 4 is 0 Å². The molecule has 0 aliphatic heterocycles. The van der Waals surface area contributed by atoms with Gasteiger partial charge in [-0.15, -0.1) is 0 Å². The number of nitrogens with two attached hydrogens (primary N) is 1. The molecular formula is C9H22N2. The lowest BCUT2D eigenvalue weighted by Crippen LogP contribution is -2.43. The molecule has 11 heavy (non-hydrogen) atoms. The van der Waals surface area contributed by atoms with Gasteiger partial charge in [0.25, 0.3) is 0 Å². The maximum atomic E-state index is 5.45. The predicted molar refractivity (Wildman–Crippen MR) is 50.0 cm³/mol. The minimum atomic E-state index is 0.468. The average molecular weight is 158 g/mol. The fraction of sp³-hybridized carbons (Fsp3) is 1.00. The van der Waals surface area contributed by atoms with Crippen molar-refractivity contribution in [2.24, 2.45) is 17.7 Å². The second-order valence-electron chi connectivity index (χ2n) is 3.70. The first-order valence-electron chi connectivity index (χ1n) is 4.59. The van der Waals surface area contributed by atoms with E-state index in [1.54, 1.807) is 0 Å². The smallest absolute Gasteiger partial charge is 0.0259 e. The fourth-order valence-corrected chi connectivity index (χ4v) is 1.65. The van der Waals surface area contributed by atoms with Gasteiger partial charge in [0.05, 0.1) is 0 Å². The van der Waals surface area contributed by atoms with E-state index in [1.165, 1.54) is 12.8 Å². The molecule has 0 rings (SSSR count). The van der Waals surface area contributed by atoms with Gasteiger partial charge in [-0.05, 0) is 18.3 Å². The van der Waals surface area contributed by atoms with Crippen molar-refractivity contribution in [2.45, 2.75) is 46.6 Å². The van der Waals surface area contributed by atoms with Crippen LogP contribution >= 0.6 is 0 Å². The van der Waals surface area contributed by atoms with Crippen LogP contribution in [-0.2, 0) is 0 Å². The molecule has 0 heterocycles. The van der Waals surface area contributed by atoms with E-state index >= 15 is 0 Å². The first kappa shape index (κ1) is 10.9. The van der Waals surface area contributed by atoms with Crippen molar-refractivity contribution in [1.29, 1.82) is 0 Å². The maximum Gasteiger partial charge on any atom is 0.0259 e. The first-order valence-corrected chi connectivity index (χ1v) is 4.59. The van der Waals surface area contributed by atoms with Gasteiger partial charge >= 0.3 is 0 Å². The van der Waals surface area contributed by atoms with Gasteiger partial charge in [-0.2, -0.15) is 0 Å². The normalized spacial score (nSPS) is 16.9. The second kappa shape index (κ2) is 5.56. The lowest BCUT2D eigenvalue weighted by Gasteiger charge is -2.26. The van der Waals surface area contributed by atoms with E-state index in [4.69, 9.17) is 5.84 Å².